The van der Waals surface area contributed by atoms with Gasteiger partial charge < -0.3 is 4.74 Å². The summed E-state index contributed by atoms with van der Waals surface area (Å²) in [6, 6.07) is 17.3. The number of nitriles is 1. The first kappa shape index (κ1) is 11.2. The number of ether oxygens (including phenoxy) is 1. The highest BCUT2D eigenvalue weighted by Gasteiger charge is 2.04. The summed E-state index contributed by atoms with van der Waals surface area (Å²) in [7, 11) is 0. The van der Waals surface area contributed by atoms with E-state index in [9.17, 15) is 0 Å². The summed E-state index contributed by atoms with van der Waals surface area (Å²) in [6.45, 7) is 0. The second-order valence-corrected chi connectivity index (χ2v) is 3.91. The number of rotatable bonds is 2. The third kappa shape index (κ3) is 2.22. The topological polar surface area (TPSA) is 58.8 Å². The predicted octanol–water partition coefficient (Wildman–Crippen LogP) is 3.29. The molecule has 0 N–H and O–H groups in total. The van der Waals surface area contributed by atoms with E-state index >= 15 is 0 Å². The first-order valence-electron chi connectivity index (χ1n) is 5.75. The van der Waals surface area contributed by atoms with Gasteiger partial charge >= 0.3 is 0 Å². The lowest BCUT2D eigenvalue weighted by Gasteiger charge is -2.07. The molecule has 1 heterocycles. The van der Waals surface area contributed by atoms with Crippen LogP contribution in [0, 0.1) is 11.3 Å². The Balaban J connectivity index is 2.04. The molecule has 0 radical (unpaired) electrons. The zero-order valence-corrected chi connectivity index (χ0v) is 9.95. The van der Waals surface area contributed by atoms with Crippen LogP contribution in [0.2, 0.25) is 0 Å². The third-order valence-corrected chi connectivity index (χ3v) is 2.69. The summed E-state index contributed by atoms with van der Waals surface area (Å²) in [5.41, 5.74) is 0. The number of fused-ring (bicyclic) bond motifs is 1. The summed E-state index contributed by atoms with van der Waals surface area (Å²) < 4.78 is 5.73. The number of hydrogen-bond acceptors (Lipinski definition) is 4. The van der Waals surface area contributed by atoms with Gasteiger partial charge in [0.2, 0.25) is 11.7 Å². The second-order valence-electron chi connectivity index (χ2n) is 3.91. The van der Waals surface area contributed by atoms with Crippen molar-refractivity contribution in [1.82, 2.24) is 9.97 Å². The van der Waals surface area contributed by atoms with E-state index in [1.54, 1.807) is 6.07 Å². The van der Waals surface area contributed by atoms with Crippen LogP contribution in [0.4, 0.5) is 0 Å². The largest absolute Gasteiger partial charge is 0.438 e. The lowest BCUT2D eigenvalue weighted by Crippen LogP contribution is -1.93. The maximum Gasteiger partial charge on any atom is 0.235 e. The Hall–Kier alpha value is -2.93. The summed E-state index contributed by atoms with van der Waals surface area (Å²) in [4.78, 5) is 7.81. The first-order valence-corrected chi connectivity index (χ1v) is 5.75. The smallest absolute Gasteiger partial charge is 0.235 e. The molecule has 2 aromatic carbocycles. The van der Waals surface area contributed by atoms with Crippen molar-refractivity contribution in [3.8, 4) is 17.7 Å². The van der Waals surface area contributed by atoms with Crippen LogP contribution in [0.5, 0.6) is 11.6 Å². The van der Waals surface area contributed by atoms with Crippen molar-refractivity contribution in [1.29, 1.82) is 5.26 Å². The van der Waals surface area contributed by atoms with Crippen LogP contribution in [0.3, 0.4) is 0 Å². The minimum atomic E-state index is 0.0951. The van der Waals surface area contributed by atoms with E-state index in [1.807, 2.05) is 48.5 Å². The van der Waals surface area contributed by atoms with E-state index in [0.717, 1.165) is 10.8 Å². The molecule has 3 aromatic rings. The van der Waals surface area contributed by atoms with E-state index in [-0.39, 0.29) is 5.82 Å². The van der Waals surface area contributed by atoms with Gasteiger partial charge in [-0.3, -0.25) is 0 Å². The molecule has 0 spiro atoms. The molecule has 0 saturated heterocycles. The fourth-order valence-electron chi connectivity index (χ4n) is 1.85. The molecule has 19 heavy (non-hydrogen) atoms. The Morgan fingerprint density at radius 1 is 1.00 bits per heavy atom. The van der Waals surface area contributed by atoms with Crippen molar-refractivity contribution in [3.63, 3.8) is 0 Å². The van der Waals surface area contributed by atoms with Crippen molar-refractivity contribution in [2.24, 2.45) is 0 Å². The fourth-order valence-corrected chi connectivity index (χ4v) is 1.85. The quantitative estimate of drug-likeness (QED) is 0.697. The normalized spacial score (nSPS) is 10.1. The van der Waals surface area contributed by atoms with Gasteiger partial charge in [0.15, 0.2) is 0 Å². The maximum atomic E-state index is 8.77. The van der Waals surface area contributed by atoms with Crippen LogP contribution in [-0.2, 0) is 0 Å². The molecule has 90 valence electrons. The molecule has 3 rings (SSSR count). The summed E-state index contributed by atoms with van der Waals surface area (Å²) >= 11 is 0. The lowest BCUT2D eigenvalue weighted by atomic mass is 10.1. The monoisotopic (exact) mass is 247 g/mol. The molecular weight excluding hydrogens is 238 g/mol. The molecule has 4 nitrogen and oxygen atoms in total. The van der Waals surface area contributed by atoms with Crippen molar-refractivity contribution < 1.29 is 4.74 Å². The molecule has 0 atom stereocenters. The van der Waals surface area contributed by atoms with Crippen molar-refractivity contribution in [2.75, 3.05) is 0 Å². The third-order valence-electron chi connectivity index (χ3n) is 2.69. The minimum absolute atomic E-state index is 0.0951. The number of benzene rings is 2. The molecule has 0 aliphatic heterocycles. The van der Waals surface area contributed by atoms with E-state index in [1.165, 1.54) is 6.20 Å². The van der Waals surface area contributed by atoms with Crippen LogP contribution < -0.4 is 4.74 Å². The number of nitrogens with zero attached hydrogens (tertiary/aromatic N) is 3. The van der Waals surface area contributed by atoms with Gasteiger partial charge in [-0.15, -0.1) is 0 Å². The highest BCUT2D eigenvalue weighted by molar-refractivity contribution is 5.88. The Labute approximate surface area is 109 Å². The lowest BCUT2D eigenvalue weighted by molar-refractivity contribution is 0.466. The highest BCUT2D eigenvalue weighted by atomic mass is 16.5. The van der Waals surface area contributed by atoms with Crippen molar-refractivity contribution in [3.05, 3.63) is 60.6 Å². The highest BCUT2D eigenvalue weighted by Crippen LogP contribution is 2.28. The Kier molecular flexibility index (Phi) is 2.79. The molecule has 0 aliphatic carbocycles. The van der Waals surface area contributed by atoms with Crippen LogP contribution in [0.15, 0.2) is 54.7 Å². The zero-order chi connectivity index (χ0) is 13.1. The van der Waals surface area contributed by atoms with E-state index in [0.29, 0.717) is 11.6 Å². The molecule has 0 fully saturated rings. The zero-order valence-electron chi connectivity index (χ0n) is 9.95. The fraction of sp³-hybridized carbons (Fsp3) is 0. The van der Waals surface area contributed by atoms with Gasteiger partial charge in [-0.25, -0.2) is 4.98 Å². The maximum absolute atomic E-state index is 8.77. The van der Waals surface area contributed by atoms with Gasteiger partial charge in [0, 0.05) is 17.6 Å². The van der Waals surface area contributed by atoms with Crippen LogP contribution in [0.25, 0.3) is 10.8 Å². The SMILES string of the molecule is N#Cc1nccc(Oc2cccc3ccccc23)n1. The Morgan fingerprint density at radius 3 is 2.74 bits per heavy atom. The van der Waals surface area contributed by atoms with E-state index in [4.69, 9.17) is 10.00 Å². The minimum Gasteiger partial charge on any atom is -0.438 e. The van der Waals surface area contributed by atoms with Crippen LogP contribution >= 0.6 is 0 Å². The first-order chi connectivity index (χ1) is 9.36. The van der Waals surface area contributed by atoms with Gasteiger partial charge in [0.1, 0.15) is 11.8 Å². The van der Waals surface area contributed by atoms with Gasteiger partial charge in [-0.2, -0.15) is 10.2 Å². The Morgan fingerprint density at radius 2 is 1.84 bits per heavy atom. The van der Waals surface area contributed by atoms with Gasteiger partial charge in [-0.05, 0) is 11.5 Å². The molecule has 4 heteroatoms. The molecule has 0 aliphatic rings. The molecule has 0 saturated carbocycles. The Bertz CT molecular complexity index is 772. The van der Waals surface area contributed by atoms with Crippen molar-refractivity contribution >= 4 is 10.8 Å². The average molecular weight is 247 g/mol. The van der Waals surface area contributed by atoms with E-state index in [2.05, 4.69) is 9.97 Å². The van der Waals surface area contributed by atoms with E-state index < -0.39 is 0 Å². The number of aromatic nitrogens is 2. The molecular formula is C15H9N3O. The summed E-state index contributed by atoms with van der Waals surface area (Å²) in [6.07, 6.45) is 1.51. The summed E-state index contributed by atoms with van der Waals surface area (Å²) in [5, 5.41) is 10.9. The standard InChI is InChI=1S/C15H9N3O/c16-10-14-17-9-8-15(18-14)19-13-7-3-5-11-4-1-2-6-12(11)13/h1-9H. The molecule has 0 amide bonds. The second kappa shape index (κ2) is 4.75. The molecule has 0 bridgehead atoms. The van der Waals surface area contributed by atoms with Gasteiger partial charge in [0.05, 0.1) is 0 Å². The summed E-state index contributed by atoms with van der Waals surface area (Å²) in [5.74, 6) is 1.17. The average Bonchev–Trinajstić information content (AvgIpc) is 2.48. The predicted molar refractivity (Wildman–Crippen MR) is 70.8 cm³/mol. The van der Waals surface area contributed by atoms with Crippen LogP contribution in [-0.4, -0.2) is 9.97 Å². The molecule has 1 aromatic heterocycles. The van der Waals surface area contributed by atoms with Crippen LogP contribution in [0.1, 0.15) is 5.82 Å². The van der Waals surface area contributed by atoms with Gasteiger partial charge in [0.25, 0.3) is 0 Å². The van der Waals surface area contributed by atoms with Gasteiger partial charge in [-0.1, -0.05) is 36.4 Å². The van der Waals surface area contributed by atoms with Crippen molar-refractivity contribution in [2.45, 2.75) is 0 Å². The molecule has 0 unspecified atom stereocenters. The number of hydrogen-bond donors (Lipinski definition) is 0.